The Morgan fingerprint density at radius 2 is 2.00 bits per heavy atom. The number of aryl methyl sites for hydroxylation is 1. The standard InChI is InChI=1S/C13H16BrN3S/c1-8(2)17-13(12(15)9(3)16-17)18-11-7-5-4-6-10(11)14/h4-8H,15H2,1-3H3. The molecule has 5 heteroatoms. The highest BCUT2D eigenvalue weighted by Gasteiger charge is 2.16. The average molecular weight is 326 g/mol. The van der Waals surface area contributed by atoms with Crippen LogP contribution in [0, 0.1) is 6.92 Å². The number of hydrogen-bond donors (Lipinski definition) is 1. The maximum atomic E-state index is 6.12. The van der Waals surface area contributed by atoms with Gasteiger partial charge in [0.05, 0.1) is 11.4 Å². The molecule has 0 saturated heterocycles. The van der Waals surface area contributed by atoms with Gasteiger partial charge in [-0.25, -0.2) is 0 Å². The molecule has 1 heterocycles. The Bertz CT molecular complexity index is 563. The summed E-state index contributed by atoms with van der Waals surface area (Å²) >= 11 is 5.20. The number of nitrogens with zero attached hydrogens (tertiary/aromatic N) is 2. The highest BCUT2D eigenvalue weighted by atomic mass is 79.9. The minimum absolute atomic E-state index is 0.297. The van der Waals surface area contributed by atoms with E-state index in [1.165, 1.54) is 0 Å². The number of hydrogen-bond acceptors (Lipinski definition) is 3. The molecule has 0 aliphatic carbocycles. The predicted octanol–water partition coefficient (Wildman–Crippen LogP) is 4.27. The van der Waals surface area contributed by atoms with Crippen LogP contribution >= 0.6 is 27.7 Å². The molecule has 0 saturated carbocycles. The zero-order chi connectivity index (χ0) is 13.3. The third-order valence-electron chi connectivity index (χ3n) is 2.62. The molecule has 1 aromatic carbocycles. The molecule has 0 atom stereocenters. The summed E-state index contributed by atoms with van der Waals surface area (Å²) in [5, 5.41) is 5.50. The number of nitrogens with two attached hydrogens (primary N) is 1. The largest absolute Gasteiger partial charge is 0.395 e. The van der Waals surface area contributed by atoms with Gasteiger partial charge in [-0.05, 0) is 48.8 Å². The van der Waals surface area contributed by atoms with E-state index in [1.807, 2.05) is 29.8 Å². The highest BCUT2D eigenvalue weighted by Crippen LogP contribution is 2.38. The first-order valence-electron chi connectivity index (χ1n) is 5.77. The third kappa shape index (κ3) is 2.57. The van der Waals surface area contributed by atoms with Crippen LogP contribution in [0.15, 0.2) is 38.7 Å². The molecular weight excluding hydrogens is 310 g/mol. The van der Waals surface area contributed by atoms with Crippen molar-refractivity contribution in [3.63, 3.8) is 0 Å². The zero-order valence-corrected chi connectivity index (χ0v) is 13.0. The monoisotopic (exact) mass is 325 g/mol. The van der Waals surface area contributed by atoms with Crippen LogP contribution in [0.2, 0.25) is 0 Å². The van der Waals surface area contributed by atoms with Crippen molar-refractivity contribution in [2.24, 2.45) is 0 Å². The van der Waals surface area contributed by atoms with Crippen molar-refractivity contribution in [1.82, 2.24) is 9.78 Å². The molecule has 3 nitrogen and oxygen atoms in total. The SMILES string of the molecule is Cc1nn(C(C)C)c(Sc2ccccc2Br)c1N. The lowest BCUT2D eigenvalue weighted by molar-refractivity contribution is 0.491. The summed E-state index contributed by atoms with van der Waals surface area (Å²) in [4.78, 5) is 1.14. The topological polar surface area (TPSA) is 43.8 Å². The van der Waals surface area contributed by atoms with Gasteiger partial charge in [0, 0.05) is 15.4 Å². The van der Waals surface area contributed by atoms with E-state index >= 15 is 0 Å². The predicted molar refractivity (Wildman–Crippen MR) is 80.0 cm³/mol. The van der Waals surface area contributed by atoms with Gasteiger partial charge in [-0.3, -0.25) is 4.68 Å². The smallest absolute Gasteiger partial charge is 0.122 e. The molecule has 2 aromatic rings. The van der Waals surface area contributed by atoms with E-state index in [0.717, 1.165) is 25.8 Å². The molecule has 2 N–H and O–H groups in total. The van der Waals surface area contributed by atoms with Crippen molar-refractivity contribution in [1.29, 1.82) is 0 Å². The summed E-state index contributed by atoms with van der Waals surface area (Å²) in [7, 11) is 0. The maximum absolute atomic E-state index is 6.12. The quantitative estimate of drug-likeness (QED) is 0.916. The Hall–Kier alpha value is -0.940. The molecule has 0 amide bonds. The fourth-order valence-electron chi connectivity index (χ4n) is 1.62. The Kier molecular flexibility index (Phi) is 4.02. The van der Waals surface area contributed by atoms with E-state index < -0.39 is 0 Å². The van der Waals surface area contributed by atoms with E-state index in [2.05, 4.69) is 40.9 Å². The van der Waals surface area contributed by atoms with Crippen LogP contribution < -0.4 is 5.73 Å². The lowest BCUT2D eigenvalue weighted by atomic mass is 10.4. The number of benzene rings is 1. The number of anilines is 1. The Balaban J connectivity index is 2.43. The van der Waals surface area contributed by atoms with Crippen molar-refractivity contribution in [2.75, 3.05) is 5.73 Å². The highest BCUT2D eigenvalue weighted by molar-refractivity contribution is 9.10. The van der Waals surface area contributed by atoms with Crippen molar-refractivity contribution in [3.8, 4) is 0 Å². The van der Waals surface area contributed by atoms with Gasteiger partial charge in [-0.1, -0.05) is 23.9 Å². The molecule has 0 fully saturated rings. The van der Waals surface area contributed by atoms with Crippen molar-refractivity contribution < 1.29 is 0 Å². The first kappa shape index (κ1) is 13.5. The number of halogens is 1. The summed E-state index contributed by atoms with van der Waals surface area (Å²) in [5.41, 5.74) is 7.77. The van der Waals surface area contributed by atoms with Crippen LogP contribution in [-0.4, -0.2) is 9.78 Å². The molecule has 0 unspecified atom stereocenters. The Labute approximate surface area is 120 Å². The van der Waals surface area contributed by atoms with Crippen molar-refractivity contribution in [2.45, 2.75) is 36.7 Å². The first-order valence-corrected chi connectivity index (χ1v) is 7.38. The zero-order valence-electron chi connectivity index (χ0n) is 10.6. The van der Waals surface area contributed by atoms with Crippen molar-refractivity contribution >= 4 is 33.4 Å². The van der Waals surface area contributed by atoms with Gasteiger partial charge < -0.3 is 5.73 Å². The molecule has 0 radical (unpaired) electrons. The van der Waals surface area contributed by atoms with Crippen molar-refractivity contribution in [3.05, 3.63) is 34.4 Å². The summed E-state index contributed by atoms with van der Waals surface area (Å²) in [6, 6.07) is 8.42. The van der Waals surface area contributed by atoms with E-state index in [-0.39, 0.29) is 0 Å². The van der Waals surface area contributed by atoms with Gasteiger partial charge in [-0.15, -0.1) is 0 Å². The maximum Gasteiger partial charge on any atom is 0.122 e. The van der Waals surface area contributed by atoms with Gasteiger partial charge >= 0.3 is 0 Å². The van der Waals surface area contributed by atoms with E-state index in [1.54, 1.807) is 11.8 Å². The summed E-state index contributed by atoms with van der Waals surface area (Å²) in [5.74, 6) is 0. The summed E-state index contributed by atoms with van der Waals surface area (Å²) in [6.45, 7) is 6.16. The molecule has 0 aliphatic heterocycles. The normalized spacial score (nSPS) is 11.2. The van der Waals surface area contributed by atoms with Crippen LogP contribution in [-0.2, 0) is 0 Å². The molecule has 2 rings (SSSR count). The average Bonchev–Trinajstić information content (AvgIpc) is 2.60. The molecule has 96 valence electrons. The van der Waals surface area contributed by atoms with Crippen LogP contribution in [0.1, 0.15) is 25.6 Å². The van der Waals surface area contributed by atoms with E-state index in [0.29, 0.717) is 6.04 Å². The molecular formula is C13H16BrN3S. The van der Waals surface area contributed by atoms with Crippen LogP contribution in [0.3, 0.4) is 0 Å². The Morgan fingerprint density at radius 1 is 1.33 bits per heavy atom. The second-order valence-corrected chi connectivity index (χ2v) is 6.26. The second-order valence-electron chi connectivity index (χ2n) is 4.38. The first-order chi connectivity index (χ1) is 8.50. The fourth-order valence-corrected chi connectivity index (χ4v) is 3.27. The minimum Gasteiger partial charge on any atom is -0.395 e. The summed E-state index contributed by atoms with van der Waals surface area (Å²) < 4.78 is 3.05. The lowest BCUT2D eigenvalue weighted by Crippen LogP contribution is -2.04. The molecule has 0 spiro atoms. The molecule has 0 bridgehead atoms. The van der Waals surface area contributed by atoms with Gasteiger partial charge in [0.2, 0.25) is 0 Å². The van der Waals surface area contributed by atoms with Gasteiger partial charge in [-0.2, -0.15) is 5.10 Å². The van der Waals surface area contributed by atoms with E-state index in [4.69, 9.17) is 5.73 Å². The second kappa shape index (κ2) is 5.36. The van der Waals surface area contributed by atoms with E-state index in [9.17, 15) is 0 Å². The summed E-state index contributed by atoms with van der Waals surface area (Å²) in [6.07, 6.45) is 0. The number of rotatable bonds is 3. The van der Waals surface area contributed by atoms with Crippen LogP contribution in [0.25, 0.3) is 0 Å². The fraction of sp³-hybridized carbons (Fsp3) is 0.308. The van der Waals surface area contributed by atoms with Crippen LogP contribution in [0.4, 0.5) is 5.69 Å². The number of aromatic nitrogens is 2. The lowest BCUT2D eigenvalue weighted by Gasteiger charge is -2.11. The molecule has 18 heavy (non-hydrogen) atoms. The molecule has 0 aliphatic rings. The number of nitrogen functional groups attached to an aromatic ring is 1. The van der Waals surface area contributed by atoms with Gasteiger partial charge in [0.1, 0.15) is 5.03 Å². The molecule has 1 aromatic heterocycles. The Morgan fingerprint density at radius 3 is 2.61 bits per heavy atom. The minimum atomic E-state index is 0.297. The van der Waals surface area contributed by atoms with Gasteiger partial charge in [0.25, 0.3) is 0 Å². The van der Waals surface area contributed by atoms with Gasteiger partial charge in [0.15, 0.2) is 0 Å². The van der Waals surface area contributed by atoms with Crippen LogP contribution in [0.5, 0.6) is 0 Å². The third-order valence-corrected chi connectivity index (χ3v) is 4.75.